The fraction of sp³-hybridized carbons (Fsp3) is 0.417. The molecule has 2 aliphatic rings. The molecule has 0 radical (unpaired) electrons. The van der Waals surface area contributed by atoms with E-state index in [0.717, 1.165) is 5.56 Å². The van der Waals surface area contributed by atoms with Gasteiger partial charge in [-0.05, 0) is 48.7 Å². The predicted molar refractivity (Wildman–Crippen MR) is 116 cm³/mol. The smallest absolute Gasteiger partial charge is 0.317 e. The molecule has 0 atom stereocenters. The molecule has 2 aromatic carbocycles. The minimum absolute atomic E-state index is 0.174. The zero-order valence-corrected chi connectivity index (χ0v) is 17.8. The summed E-state index contributed by atoms with van der Waals surface area (Å²) in [4.78, 5) is 16.5. The second-order valence-corrected chi connectivity index (χ2v) is 8.31. The van der Waals surface area contributed by atoms with Gasteiger partial charge in [-0.2, -0.15) is 5.26 Å². The third-order valence-electron chi connectivity index (χ3n) is 6.45. The molecule has 2 fully saturated rings. The molecule has 2 saturated heterocycles. The number of nitrogens with zero attached hydrogens (tertiary/aromatic N) is 3. The van der Waals surface area contributed by atoms with Crippen LogP contribution in [0.3, 0.4) is 0 Å². The van der Waals surface area contributed by atoms with E-state index in [1.165, 1.54) is 12.1 Å². The monoisotopic (exact) mass is 440 g/mol. The van der Waals surface area contributed by atoms with E-state index in [-0.39, 0.29) is 22.8 Å². The molecule has 4 rings (SSSR count). The summed E-state index contributed by atoms with van der Waals surface area (Å²) in [5.74, 6) is -0.718. The van der Waals surface area contributed by atoms with Gasteiger partial charge < -0.3 is 19.9 Å². The molecular weight excluding hydrogens is 414 g/mol. The number of hydrogen-bond acceptors (Lipinski definition) is 4. The van der Waals surface area contributed by atoms with E-state index in [1.807, 2.05) is 17.0 Å². The summed E-state index contributed by atoms with van der Waals surface area (Å²) in [5, 5.41) is 11.9. The molecule has 2 aromatic rings. The van der Waals surface area contributed by atoms with E-state index in [1.54, 1.807) is 29.2 Å². The number of rotatable bonds is 4. The number of halogens is 2. The maximum Gasteiger partial charge on any atom is 0.317 e. The van der Waals surface area contributed by atoms with Gasteiger partial charge in [0.1, 0.15) is 11.6 Å². The quantitative estimate of drug-likeness (QED) is 0.791. The molecule has 0 spiro atoms. The van der Waals surface area contributed by atoms with Crippen LogP contribution in [-0.4, -0.2) is 56.9 Å². The second kappa shape index (κ2) is 9.53. The molecule has 0 aliphatic carbocycles. The molecule has 168 valence electrons. The third-order valence-corrected chi connectivity index (χ3v) is 6.45. The lowest BCUT2D eigenvalue weighted by atomic mass is 9.74. The Balaban J connectivity index is 1.37. The minimum Gasteiger partial charge on any atom is -0.381 e. The Morgan fingerprint density at radius 3 is 2.50 bits per heavy atom. The first-order valence-corrected chi connectivity index (χ1v) is 10.8. The Morgan fingerprint density at radius 2 is 1.84 bits per heavy atom. The molecule has 0 saturated carbocycles. The van der Waals surface area contributed by atoms with Crippen LogP contribution in [-0.2, 0) is 10.2 Å². The number of amides is 2. The molecular formula is C24H26F2N4O2. The van der Waals surface area contributed by atoms with Crippen LogP contribution in [0.1, 0.15) is 24.0 Å². The Morgan fingerprint density at radius 1 is 1.09 bits per heavy atom. The van der Waals surface area contributed by atoms with Gasteiger partial charge in [-0.25, -0.2) is 13.6 Å². The zero-order valence-electron chi connectivity index (χ0n) is 17.8. The normalized spacial score (nSPS) is 18.2. The van der Waals surface area contributed by atoms with E-state index >= 15 is 0 Å². The highest BCUT2D eigenvalue weighted by molar-refractivity contribution is 5.74. The molecule has 0 bridgehead atoms. The van der Waals surface area contributed by atoms with Crippen LogP contribution in [0.2, 0.25) is 0 Å². The fourth-order valence-corrected chi connectivity index (χ4v) is 4.49. The predicted octanol–water partition coefficient (Wildman–Crippen LogP) is 3.42. The number of hydrogen-bond donors (Lipinski definition) is 1. The van der Waals surface area contributed by atoms with Gasteiger partial charge in [0.15, 0.2) is 0 Å². The standard InChI is InChI=1S/C24H26F2N4O2/c25-20-3-1-2-19(15-20)24(6-12-32-13-7-24)17-28-23(31)30-10-8-29(9-11-30)22-5-4-18(16-27)14-21(22)26/h1-5,14-15H,6-13,17H2,(H,28,31). The van der Waals surface area contributed by atoms with Crippen molar-refractivity contribution in [2.24, 2.45) is 0 Å². The molecule has 2 heterocycles. The number of urea groups is 1. The topological polar surface area (TPSA) is 68.6 Å². The van der Waals surface area contributed by atoms with Crippen LogP contribution >= 0.6 is 0 Å². The van der Waals surface area contributed by atoms with Crippen molar-refractivity contribution >= 4 is 11.7 Å². The first-order chi connectivity index (χ1) is 15.5. The summed E-state index contributed by atoms with van der Waals surface area (Å²) < 4.78 is 33.7. The van der Waals surface area contributed by atoms with Gasteiger partial charge in [-0.3, -0.25) is 0 Å². The van der Waals surface area contributed by atoms with Crippen LogP contribution < -0.4 is 10.2 Å². The first kappa shape index (κ1) is 22.0. The summed E-state index contributed by atoms with van der Waals surface area (Å²) in [6.45, 7) is 3.46. The van der Waals surface area contributed by atoms with Crippen molar-refractivity contribution in [1.82, 2.24) is 10.2 Å². The van der Waals surface area contributed by atoms with Crippen molar-refractivity contribution in [2.45, 2.75) is 18.3 Å². The number of anilines is 1. The average molecular weight is 440 g/mol. The largest absolute Gasteiger partial charge is 0.381 e. The van der Waals surface area contributed by atoms with Crippen molar-refractivity contribution in [1.29, 1.82) is 5.26 Å². The molecule has 1 N–H and O–H groups in total. The van der Waals surface area contributed by atoms with Crippen LogP contribution in [0.25, 0.3) is 0 Å². The van der Waals surface area contributed by atoms with Gasteiger partial charge in [0, 0.05) is 51.4 Å². The van der Waals surface area contributed by atoms with Crippen molar-refractivity contribution in [3.63, 3.8) is 0 Å². The number of ether oxygens (including phenoxy) is 1. The van der Waals surface area contributed by atoms with E-state index in [0.29, 0.717) is 64.5 Å². The van der Waals surface area contributed by atoms with Crippen molar-refractivity contribution in [3.05, 3.63) is 65.2 Å². The summed E-state index contributed by atoms with van der Waals surface area (Å²) in [6, 6.07) is 12.8. The van der Waals surface area contributed by atoms with E-state index in [9.17, 15) is 13.6 Å². The van der Waals surface area contributed by atoms with Crippen molar-refractivity contribution in [3.8, 4) is 6.07 Å². The Labute approximate surface area is 186 Å². The fourth-order valence-electron chi connectivity index (χ4n) is 4.49. The minimum atomic E-state index is -0.432. The van der Waals surface area contributed by atoms with Crippen LogP contribution in [0.5, 0.6) is 0 Å². The van der Waals surface area contributed by atoms with Gasteiger partial charge in [-0.1, -0.05) is 12.1 Å². The Kier molecular flexibility index (Phi) is 6.56. The number of nitrogens with one attached hydrogen (secondary N) is 1. The summed E-state index contributed by atoms with van der Waals surface area (Å²) in [7, 11) is 0. The molecule has 0 unspecified atom stereocenters. The van der Waals surface area contributed by atoms with Crippen LogP contribution in [0, 0.1) is 23.0 Å². The first-order valence-electron chi connectivity index (χ1n) is 10.8. The Bertz CT molecular complexity index is 1010. The number of piperazine rings is 1. The summed E-state index contributed by atoms with van der Waals surface area (Å²) in [5.41, 5.74) is 1.24. The van der Waals surface area contributed by atoms with Crippen molar-refractivity contribution in [2.75, 3.05) is 50.8 Å². The highest BCUT2D eigenvalue weighted by Gasteiger charge is 2.36. The summed E-state index contributed by atoms with van der Waals surface area (Å²) in [6.07, 6.45) is 1.42. The lowest BCUT2D eigenvalue weighted by Crippen LogP contribution is -2.54. The highest BCUT2D eigenvalue weighted by atomic mass is 19.1. The van der Waals surface area contributed by atoms with Gasteiger partial charge in [0.2, 0.25) is 0 Å². The molecule has 8 heteroatoms. The van der Waals surface area contributed by atoms with Crippen LogP contribution in [0.15, 0.2) is 42.5 Å². The lowest BCUT2D eigenvalue weighted by Gasteiger charge is -2.40. The molecule has 2 aliphatic heterocycles. The number of benzene rings is 2. The Hall–Kier alpha value is -3.18. The second-order valence-electron chi connectivity index (χ2n) is 8.31. The van der Waals surface area contributed by atoms with Gasteiger partial charge >= 0.3 is 6.03 Å². The third kappa shape index (κ3) is 4.68. The van der Waals surface area contributed by atoms with Gasteiger partial charge in [-0.15, -0.1) is 0 Å². The van der Waals surface area contributed by atoms with E-state index < -0.39 is 5.82 Å². The van der Waals surface area contributed by atoms with Gasteiger partial charge in [0.25, 0.3) is 0 Å². The molecule has 6 nitrogen and oxygen atoms in total. The van der Waals surface area contributed by atoms with Crippen molar-refractivity contribution < 1.29 is 18.3 Å². The number of carbonyl (C=O) groups excluding carboxylic acids is 1. The zero-order chi connectivity index (χ0) is 22.6. The van der Waals surface area contributed by atoms with E-state index in [4.69, 9.17) is 10.00 Å². The van der Waals surface area contributed by atoms with Gasteiger partial charge in [0.05, 0.1) is 17.3 Å². The van der Waals surface area contributed by atoms with Crippen LogP contribution in [0.4, 0.5) is 19.3 Å². The molecule has 32 heavy (non-hydrogen) atoms. The highest BCUT2D eigenvalue weighted by Crippen LogP contribution is 2.34. The molecule has 2 amide bonds. The van der Waals surface area contributed by atoms with E-state index in [2.05, 4.69) is 5.32 Å². The maximum atomic E-state index is 14.3. The average Bonchev–Trinajstić information content (AvgIpc) is 2.83. The number of carbonyl (C=O) groups is 1. The number of nitriles is 1. The maximum absolute atomic E-state index is 14.3. The molecule has 0 aromatic heterocycles. The SMILES string of the molecule is N#Cc1ccc(N2CCN(C(=O)NCC3(c4cccc(F)c4)CCOCC3)CC2)c(F)c1. The summed E-state index contributed by atoms with van der Waals surface area (Å²) >= 11 is 0. The lowest BCUT2D eigenvalue weighted by molar-refractivity contribution is 0.0500.